The maximum atomic E-state index is 10.9. The van der Waals surface area contributed by atoms with E-state index < -0.39 is 5.97 Å². The quantitative estimate of drug-likeness (QED) is 0.472. The van der Waals surface area contributed by atoms with E-state index in [1.165, 1.54) is 12.8 Å². The first-order valence-corrected chi connectivity index (χ1v) is 8.71. The molecule has 27 heavy (non-hydrogen) atoms. The summed E-state index contributed by atoms with van der Waals surface area (Å²) in [6.07, 6.45) is 3.41. The van der Waals surface area contributed by atoms with Gasteiger partial charge in [-0.1, -0.05) is 37.1 Å². The number of carbonyl (C=O) groups is 1. The van der Waals surface area contributed by atoms with E-state index in [4.69, 9.17) is 14.4 Å². The molecule has 1 N–H and O–H groups in total. The number of benzene rings is 2. The van der Waals surface area contributed by atoms with Crippen molar-refractivity contribution in [3.05, 3.63) is 60.2 Å². The summed E-state index contributed by atoms with van der Waals surface area (Å²) in [6.45, 7) is 2.90. The maximum Gasteiger partial charge on any atom is 1.00 e. The summed E-state index contributed by atoms with van der Waals surface area (Å²) >= 11 is 0. The van der Waals surface area contributed by atoms with Crippen LogP contribution in [0, 0.1) is 0 Å². The van der Waals surface area contributed by atoms with Crippen LogP contribution in [0.1, 0.15) is 38.0 Å². The number of rotatable bonds is 8. The van der Waals surface area contributed by atoms with Crippen LogP contribution in [-0.2, 0) is 0 Å². The minimum Gasteiger partial charge on any atom is -1.00 e. The SMILES string of the molecule is CCCCCOc1ccc(-c2cc(-c3ccc(C(=O)O)cc3)no2)cc1.[H-].[K+]. The molecule has 5 nitrogen and oxygen atoms in total. The Labute approximate surface area is 202 Å². The summed E-state index contributed by atoms with van der Waals surface area (Å²) in [4.78, 5) is 10.9. The number of hydrogen-bond acceptors (Lipinski definition) is 4. The predicted octanol–water partition coefficient (Wildman–Crippen LogP) is 2.39. The zero-order valence-corrected chi connectivity index (χ0v) is 18.8. The third kappa shape index (κ3) is 6.02. The van der Waals surface area contributed by atoms with Gasteiger partial charge in [0.1, 0.15) is 11.4 Å². The topological polar surface area (TPSA) is 72.6 Å². The Kier molecular flexibility index (Phi) is 8.72. The summed E-state index contributed by atoms with van der Waals surface area (Å²) in [6, 6.07) is 16.1. The van der Waals surface area contributed by atoms with Gasteiger partial charge in [-0.3, -0.25) is 0 Å². The number of carboxylic acids is 1. The molecule has 0 aliphatic rings. The Morgan fingerprint density at radius 3 is 2.37 bits per heavy atom. The van der Waals surface area contributed by atoms with Gasteiger partial charge in [-0.2, -0.15) is 0 Å². The van der Waals surface area contributed by atoms with E-state index in [0.717, 1.165) is 29.9 Å². The number of nitrogens with zero attached hydrogens (tertiary/aromatic N) is 1. The Bertz CT molecular complexity index is 863. The van der Waals surface area contributed by atoms with E-state index in [-0.39, 0.29) is 58.4 Å². The zero-order chi connectivity index (χ0) is 18.4. The number of aromatic carboxylic acids is 1. The van der Waals surface area contributed by atoms with Crippen LogP contribution in [0.5, 0.6) is 5.75 Å². The van der Waals surface area contributed by atoms with Crippen molar-refractivity contribution in [3.8, 4) is 28.3 Å². The van der Waals surface area contributed by atoms with E-state index in [1.807, 2.05) is 30.3 Å². The molecule has 3 aromatic rings. The summed E-state index contributed by atoms with van der Waals surface area (Å²) < 4.78 is 11.1. The van der Waals surface area contributed by atoms with E-state index in [0.29, 0.717) is 11.5 Å². The molecule has 0 saturated carbocycles. The van der Waals surface area contributed by atoms with Gasteiger partial charge in [0, 0.05) is 17.2 Å². The van der Waals surface area contributed by atoms with Gasteiger partial charge in [0.15, 0.2) is 5.76 Å². The molecule has 0 aliphatic carbocycles. The molecule has 0 bridgehead atoms. The minimum absolute atomic E-state index is 0. The van der Waals surface area contributed by atoms with Crippen LogP contribution >= 0.6 is 0 Å². The molecule has 0 saturated heterocycles. The molecule has 1 aromatic heterocycles. The van der Waals surface area contributed by atoms with Crippen molar-refractivity contribution < 1.29 is 72.0 Å². The Morgan fingerprint density at radius 1 is 1.07 bits per heavy atom. The number of hydrogen-bond donors (Lipinski definition) is 1. The van der Waals surface area contributed by atoms with Crippen LogP contribution in [0.25, 0.3) is 22.6 Å². The van der Waals surface area contributed by atoms with Crippen LogP contribution < -0.4 is 56.1 Å². The van der Waals surface area contributed by atoms with Crippen molar-refractivity contribution in [1.82, 2.24) is 5.16 Å². The fourth-order valence-corrected chi connectivity index (χ4v) is 2.59. The van der Waals surface area contributed by atoms with Gasteiger partial charge < -0.3 is 15.8 Å². The van der Waals surface area contributed by atoms with Gasteiger partial charge >= 0.3 is 57.4 Å². The summed E-state index contributed by atoms with van der Waals surface area (Å²) in [5.41, 5.74) is 2.62. The molecule has 1 heterocycles. The Balaban J connectivity index is 0.00000196. The molecule has 0 unspecified atom stereocenters. The molecule has 6 heteroatoms. The largest absolute Gasteiger partial charge is 1.00 e. The third-order valence-electron chi connectivity index (χ3n) is 4.09. The summed E-state index contributed by atoms with van der Waals surface area (Å²) in [7, 11) is 0. The number of ether oxygens (including phenoxy) is 1. The first-order valence-electron chi connectivity index (χ1n) is 8.71. The number of aromatic nitrogens is 1. The van der Waals surface area contributed by atoms with Crippen LogP contribution in [-0.4, -0.2) is 22.8 Å². The second-order valence-corrected chi connectivity index (χ2v) is 6.04. The normalized spacial score (nSPS) is 10.3. The van der Waals surface area contributed by atoms with Crippen molar-refractivity contribution in [2.75, 3.05) is 6.61 Å². The Hall–Kier alpha value is -1.44. The molecule has 3 rings (SSSR count). The van der Waals surface area contributed by atoms with Gasteiger partial charge in [0.25, 0.3) is 0 Å². The van der Waals surface area contributed by atoms with Crippen molar-refractivity contribution in [3.63, 3.8) is 0 Å². The second kappa shape index (κ2) is 10.8. The van der Waals surface area contributed by atoms with Gasteiger partial charge in [-0.25, -0.2) is 4.79 Å². The van der Waals surface area contributed by atoms with Crippen molar-refractivity contribution >= 4 is 5.97 Å². The van der Waals surface area contributed by atoms with E-state index >= 15 is 0 Å². The van der Waals surface area contributed by atoms with Gasteiger partial charge in [-0.15, -0.1) is 0 Å². The van der Waals surface area contributed by atoms with E-state index in [9.17, 15) is 4.79 Å². The smallest absolute Gasteiger partial charge is 1.00 e. The van der Waals surface area contributed by atoms with Gasteiger partial charge in [-0.05, 0) is 42.8 Å². The van der Waals surface area contributed by atoms with Crippen molar-refractivity contribution in [2.45, 2.75) is 26.2 Å². The van der Waals surface area contributed by atoms with Crippen molar-refractivity contribution in [1.29, 1.82) is 0 Å². The molecular weight excluding hydrogens is 369 g/mol. The average molecular weight is 392 g/mol. The second-order valence-electron chi connectivity index (χ2n) is 6.04. The number of unbranched alkanes of at least 4 members (excludes halogenated alkanes) is 2. The van der Waals surface area contributed by atoms with Crippen LogP contribution in [0.2, 0.25) is 0 Å². The zero-order valence-electron chi connectivity index (χ0n) is 16.6. The Morgan fingerprint density at radius 2 is 1.74 bits per heavy atom. The molecule has 0 radical (unpaired) electrons. The summed E-state index contributed by atoms with van der Waals surface area (Å²) in [5.74, 6) is 0.545. The molecule has 0 aliphatic heterocycles. The minimum atomic E-state index is -0.950. The van der Waals surface area contributed by atoms with Crippen LogP contribution in [0.4, 0.5) is 0 Å². The first kappa shape index (κ1) is 21.9. The van der Waals surface area contributed by atoms with Gasteiger partial charge in [0.05, 0.1) is 12.2 Å². The van der Waals surface area contributed by atoms with Crippen LogP contribution in [0.3, 0.4) is 0 Å². The molecule has 0 spiro atoms. The maximum absolute atomic E-state index is 10.9. The predicted molar refractivity (Wildman–Crippen MR) is 100 cm³/mol. The van der Waals surface area contributed by atoms with Crippen LogP contribution in [0.15, 0.2) is 59.1 Å². The molecule has 0 fully saturated rings. The fraction of sp³-hybridized carbons (Fsp3) is 0.238. The first-order chi connectivity index (χ1) is 12.7. The fourth-order valence-electron chi connectivity index (χ4n) is 2.59. The summed E-state index contributed by atoms with van der Waals surface area (Å²) in [5, 5.41) is 13.0. The molecule has 0 atom stereocenters. The van der Waals surface area contributed by atoms with E-state index in [2.05, 4.69) is 12.1 Å². The third-order valence-corrected chi connectivity index (χ3v) is 4.09. The molecule has 2 aromatic carbocycles. The molecule has 136 valence electrons. The average Bonchev–Trinajstić information content (AvgIpc) is 3.16. The standard InChI is InChI=1S/C21H21NO4.K.H/c1-2-3-4-13-25-18-11-9-16(10-12-18)20-14-19(22-26-20)15-5-7-17(8-6-15)21(23)24;;/h5-12,14H,2-4,13H2,1H3,(H,23,24);;/q;+1;-1. The number of carboxylic acid groups (broad SMARTS) is 1. The molecule has 0 amide bonds. The van der Waals surface area contributed by atoms with Gasteiger partial charge in [0.2, 0.25) is 0 Å². The monoisotopic (exact) mass is 391 g/mol. The molecular formula is C21H22KNO4. The van der Waals surface area contributed by atoms with Crippen molar-refractivity contribution in [2.24, 2.45) is 0 Å². The van der Waals surface area contributed by atoms with E-state index in [1.54, 1.807) is 24.3 Å².